The molecule has 1 aromatic heterocycles. The van der Waals surface area contributed by atoms with Gasteiger partial charge < -0.3 is 9.94 Å². The number of nitro groups is 1. The van der Waals surface area contributed by atoms with Gasteiger partial charge in [-0.2, -0.15) is 4.73 Å². The zero-order valence-corrected chi connectivity index (χ0v) is 13.2. The molecule has 0 amide bonds. The minimum absolute atomic E-state index is 0.119. The van der Waals surface area contributed by atoms with Gasteiger partial charge in [-0.05, 0) is 24.6 Å². The van der Waals surface area contributed by atoms with Gasteiger partial charge in [-0.3, -0.25) is 10.1 Å². The summed E-state index contributed by atoms with van der Waals surface area (Å²) in [5.41, 5.74) is 0.748. The van der Waals surface area contributed by atoms with Crippen LogP contribution in [0.4, 0.5) is 5.69 Å². The molecule has 1 aliphatic rings. The van der Waals surface area contributed by atoms with Gasteiger partial charge in [-0.15, -0.1) is 0 Å². The summed E-state index contributed by atoms with van der Waals surface area (Å²) in [6.45, 7) is 1.47. The molecule has 25 heavy (non-hydrogen) atoms. The summed E-state index contributed by atoms with van der Waals surface area (Å²) in [4.78, 5) is 32.7. The van der Waals surface area contributed by atoms with Gasteiger partial charge in [0.05, 0.1) is 10.4 Å². The molecule has 0 fully saturated rings. The Labute approximate surface area is 141 Å². The number of carboxylic acids is 1. The standard InChI is InChI=1S/C17H13N3O5/c1-17(16(21)22)9-10-3-2-4-11(7-10)15-18-13-6-5-12(20(23)24)8-14(13)19(15)25-17/h2-8H,9H2,1H3,(H,21,22). The van der Waals surface area contributed by atoms with E-state index in [1.165, 1.54) is 29.9 Å². The van der Waals surface area contributed by atoms with E-state index in [9.17, 15) is 20.0 Å². The molecule has 4 rings (SSSR count). The van der Waals surface area contributed by atoms with E-state index in [2.05, 4.69) is 4.98 Å². The Hall–Kier alpha value is -3.42. The zero-order chi connectivity index (χ0) is 17.8. The van der Waals surface area contributed by atoms with Crippen LogP contribution in [0.5, 0.6) is 0 Å². The first-order chi connectivity index (χ1) is 11.9. The van der Waals surface area contributed by atoms with Gasteiger partial charge in [0.15, 0.2) is 5.82 Å². The molecule has 3 aromatic rings. The van der Waals surface area contributed by atoms with E-state index in [-0.39, 0.29) is 12.1 Å². The lowest BCUT2D eigenvalue weighted by molar-refractivity contribution is -0.384. The van der Waals surface area contributed by atoms with Crippen LogP contribution in [-0.2, 0) is 11.2 Å². The van der Waals surface area contributed by atoms with E-state index >= 15 is 0 Å². The number of nitrogens with zero attached hydrogens (tertiary/aromatic N) is 3. The number of carbonyl (C=O) groups is 1. The SMILES string of the molecule is CC1(C(=O)O)Cc2cccc(c2)-c2nc3ccc([N+](=O)[O-])cc3n2O1. The predicted octanol–water partition coefficient (Wildman–Crippen LogP) is 2.44. The number of hydrogen-bond donors (Lipinski definition) is 1. The van der Waals surface area contributed by atoms with Crippen LogP contribution in [0.15, 0.2) is 42.5 Å². The summed E-state index contributed by atoms with van der Waals surface area (Å²) in [6, 6.07) is 11.6. The maximum absolute atomic E-state index is 11.8. The molecule has 1 unspecified atom stereocenters. The zero-order valence-electron chi connectivity index (χ0n) is 13.2. The maximum Gasteiger partial charge on any atom is 0.350 e. The number of nitro benzene ring substituents is 1. The second kappa shape index (κ2) is 5.04. The van der Waals surface area contributed by atoms with Crippen molar-refractivity contribution in [3.63, 3.8) is 0 Å². The predicted molar refractivity (Wildman–Crippen MR) is 88.1 cm³/mol. The third kappa shape index (κ3) is 2.30. The molecule has 1 aliphatic heterocycles. The molecule has 2 heterocycles. The number of imidazole rings is 1. The van der Waals surface area contributed by atoms with Gasteiger partial charge >= 0.3 is 5.97 Å². The number of benzene rings is 2. The summed E-state index contributed by atoms with van der Waals surface area (Å²) < 4.78 is 1.29. The van der Waals surface area contributed by atoms with Crippen LogP contribution in [-0.4, -0.2) is 31.3 Å². The fourth-order valence-corrected chi connectivity index (χ4v) is 2.99. The number of fused-ring (bicyclic) bond motifs is 6. The Bertz CT molecular complexity index is 1040. The van der Waals surface area contributed by atoms with E-state index in [1.807, 2.05) is 24.3 Å². The fourth-order valence-electron chi connectivity index (χ4n) is 2.99. The Kier molecular flexibility index (Phi) is 3.05. The Balaban J connectivity index is 2.04. The highest BCUT2D eigenvalue weighted by molar-refractivity contribution is 5.83. The molecule has 1 atom stereocenters. The van der Waals surface area contributed by atoms with Gasteiger partial charge in [0.25, 0.3) is 5.69 Å². The molecule has 0 aliphatic carbocycles. The summed E-state index contributed by atoms with van der Waals surface area (Å²) in [7, 11) is 0. The lowest BCUT2D eigenvalue weighted by atomic mass is 9.95. The molecule has 1 N–H and O–H groups in total. The average Bonchev–Trinajstić information content (AvgIpc) is 2.91. The minimum Gasteiger partial charge on any atom is -0.478 e. The van der Waals surface area contributed by atoms with Crippen LogP contribution in [0.3, 0.4) is 0 Å². The number of hydrogen-bond acceptors (Lipinski definition) is 5. The third-order valence-electron chi connectivity index (χ3n) is 4.28. The Morgan fingerprint density at radius 2 is 2.16 bits per heavy atom. The first kappa shape index (κ1) is 15.1. The fraction of sp³-hybridized carbons (Fsp3) is 0.176. The van der Waals surface area contributed by atoms with Crippen molar-refractivity contribution < 1.29 is 19.7 Å². The average molecular weight is 339 g/mol. The number of carboxylic acid groups (broad SMARTS) is 1. The summed E-state index contributed by atoms with van der Waals surface area (Å²) in [5.74, 6) is -0.720. The quantitative estimate of drug-likeness (QED) is 0.567. The third-order valence-corrected chi connectivity index (χ3v) is 4.28. The van der Waals surface area contributed by atoms with E-state index in [1.54, 1.807) is 0 Å². The summed E-state index contributed by atoms with van der Waals surface area (Å²) in [6.07, 6.45) is 0.157. The highest BCUT2D eigenvalue weighted by atomic mass is 16.7. The summed E-state index contributed by atoms with van der Waals surface area (Å²) >= 11 is 0. The van der Waals surface area contributed by atoms with Gasteiger partial charge in [-0.25, -0.2) is 9.78 Å². The second-order valence-corrected chi connectivity index (χ2v) is 6.16. The van der Waals surface area contributed by atoms with E-state index in [0.717, 1.165) is 11.1 Å². The molecule has 2 aromatic carbocycles. The maximum atomic E-state index is 11.8. The number of non-ortho nitro benzene ring substituents is 1. The van der Waals surface area contributed by atoms with Gasteiger partial charge in [0.1, 0.15) is 5.52 Å². The molecule has 0 saturated heterocycles. The van der Waals surface area contributed by atoms with Crippen LogP contribution in [0.25, 0.3) is 22.4 Å². The molecule has 0 saturated carbocycles. The van der Waals surface area contributed by atoms with Crippen molar-refractivity contribution in [3.05, 3.63) is 58.1 Å². The Morgan fingerprint density at radius 3 is 2.88 bits per heavy atom. The van der Waals surface area contributed by atoms with Crippen molar-refractivity contribution in [2.75, 3.05) is 0 Å². The molecule has 0 spiro atoms. The largest absolute Gasteiger partial charge is 0.478 e. The van der Waals surface area contributed by atoms with Gasteiger partial charge in [0, 0.05) is 24.1 Å². The van der Waals surface area contributed by atoms with Crippen molar-refractivity contribution in [1.82, 2.24) is 9.71 Å². The van der Waals surface area contributed by atoms with Crippen LogP contribution < -0.4 is 4.84 Å². The smallest absolute Gasteiger partial charge is 0.350 e. The lowest BCUT2D eigenvalue weighted by Crippen LogP contribution is -2.48. The molecule has 126 valence electrons. The van der Waals surface area contributed by atoms with Gasteiger partial charge in [0.2, 0.25) is 5.60 Å². The molecule has 2 bridgehead atoms. The first-order valence-electron chi connectivity index (χ1n) is 7.56. The molecule has 0 radical (unpaired) electrons. The van der Waals surface area contributed by atoms with Crippen molar-refractivity contribution >= 4 is 22.7 Å². The lowest BCUT2D eigenvalue weighted by Gasteiger charge is -2.29. The number of aromatic nitrogens is 2. The topological polar surface area (TPSA) is 107 Å². The second-order valence-electron chi connectivity index (χ2n) is 6.16. The van der Waals surface area contributed by atoms with Crippen LogP contribution in [0.2, 0.25) is 0 Å². The highest BCUT2D eigenvalue weighted by Crippen LogP contribution is 2.31. The van der Waals surface area contributed by atoms with Crippen LogP contribution in [0, 0.1) is 10.1 Å². The van der Waals surface area contributed by atoms with Crippen molar-refractivity contribution in [2.24, 2.45) is 0 Å². The normalized spacial score (nSPS) is 18.8. The summed E-state index contributed by atoms with van der Waals surface area (Å²) in [5, 5.41) is 20.7. The van der Waals surface area contributed by atoms with Crippen LogP contribution >= 0.6 is 0 Å². The minimum atomic E-state index is -1.54. The Morgan fingerprint density at radius 1 is 1.36 bits per heavy atom. The van der Waals surface area contributed by atoms with Crippen molar-refractivity contribution in [3.8, 4) is 11.4 Å². The molecule has 8 nitrogen and oxygen atoms in total. The number of aliphatic carboxylic acids is 1. The molecular weight excluding hydrogens is 326 g/mol. The molecular formula is C17H13N3O5. The first-order valence-corrected chi connectivity index (χ1v) is 7.56. The highest BCUT2D eigenvalue weighted by Gasteiger charge is 2.39. The monoisotopic (exact) mass is 339 g/mol. The van der Waals surface area contributed by atoms with Crippen LogP contribution in [0.1, 0.15) is 12.5 Å². The van der Waals surface area contributed by atoms with Crippen molar-refractivity contribution in [2.45, 2.75) is 18.9 Å². The van der Waals surface area contributed by atoms with E-state index in [4.69, 9.17) is 4.84 Å². The van der Waals surface area contributed by atoms with Crippen molar-refractivity contribution in [1.29, 1.82) is 0 Å². The van der Waals surface area contributed by atoms with Gasteiger partial charge in [-0.1, -0.05) is 18.2 Å². The molecule has 8 heteroatoms. The number of rotatable bonds is 2. The van der Waals surface area contributed by atoms with E-state index < -0.39 is 16.5 Å². The van der Waals surface area contributed by atoms with E-state index in [0.29, 0.717) is 16.9 Å².